The van der Waals surface area contributed by atoms with Crippen LogP contribution in [0.1, 0.15) is 65.7 Å². The first kappa shape index (κ1) is 14.3. The summed E-state index contributed by atoms with van der Waals surface area (Å²) in [6.07, 6.45) is 9.75. The monoisotopic (exact) mass is 252 g/mol. The minimum Gasteiger partial charge on any atom is -0.314 e. The van der Waals surface area contributed by atoms with Gasteiger partial charge in [0.25, 0.3) is 0 Å². The van der Waals surface area contributed by atoms with Crippen LogP contribution in [0.15, 0.2) is 0 Å². The van der Waals surface area contributed by atoms with Gasteiger partial charge in [0.15, 0.2) is 0 Å². The van der Waals surface area contributed by atoms with Gasteiger partial charge in [-0.3, -0.25) is 0 Å². The maximum Gasteiger partial charge on any atom is 0.0100 e. The van der Waals surface area contributed by atoms with Crippen LogP contribution in [-0.4, -0.2) is 24.7 Å². The smallest absolute Gasteiger partial charge is 0.0100 e. The second-order valence-electron chi connectivity index (χ2n) is 6.90. The van der Waals surface area contributed by atoms with E-state index in [1.165, 1.54) is 51.5 Å². The van der Waals surface area contributed by atoms with Crippen molar-refractivity contribution in [1.82, 2.24) is 10.6 Å². The van der Waals surface area contributed by atoms with E-state index in [1.54, 1.807) is 0 Å². The summed E-state index contributed by atoms with van der Waals surface area (Å²) in [7, 11) is 0. The molecule has 0 aromatic heterocycles. The van der Waals surface area contributed by atoms with Crippen molar-refractivity contribution < 1.29 is 0 Å². The van der Waals surface area contributed by atoms with Crippen LogP contribution in [0.2, 0.25) is 0 Å². The SMILES string of the molecule is CC(CC1CCCN1)NC1CCCCC1C(C)C. The topological polar surface area (TPSA) is 24.1 Å². The van der Waals surface area contributed by atoms with Crippen LogP contribution >= 0.6 is 0 Å². The molecule has 106 valence electrons. The molecule has 1 aliphatic carbocycles. The molecule has 0 bridgehead atoms. The summed E-state index contributed by atoms with van der Waals surface area (Å²) in [4.78, 5) is 0. The van der Waals surface area contributed by atoms with Crippen LogP contribution in [0.5, 0.6) is 0 Å². The average molecular weight is 252 g/mol. The van der Waals surface area contributed by atoms with Crippen LogP contribution in [0.4, 0.5) is 0 Å². The summed E-state index contributed by atoms with van der Waals surface area (Å²) in [5.74, 6) is 1.73. The molecule has 0 aromatic rings. The molecule has 2 rings (SSSR count). The summed E-state index contributed by atoms with van der Waals surface area (Å²) in [6, 6.07) is 2.22. The summed E-state index contributed by atoms with van der Waals surface area (Å²) >= 11 is 0. The Balaban J connectivity index is 1.78. The number of hydrogen-bond donors (Lipinski definition) is 2. The van der Waals surface area contributed by atoms with Gasteiger partial charge in [0.05, 0.1) is 0 Å². The van der Waals surface area contributed by atoms with Crippen LogP contribution in [0.25, 0.3) is 0 Å². The Morgan fingerprint density at radius 2 is 1.83 bits per heavy atom. The van der Waals surface area contributed by atoms with Crippen LogP contribution in [0.3, 0.4) is 0 Å². The average Bonchev–Trinajstić information content (AvgIpc) is 2.82. The van der Waals surface area contributed by atoms with E-state index in [2.05, 4.69) is 31.4 Å². The van der Waals surface area contributed by atoms with E-state index in [0.717, 1.165) is 23.9 Å². The van der Waals surface area contributed by atoms with Gasteiger partial charge in [-0.2, -0.15) is 0 Å². The Morgan fingerprint density at radius 3 is 2.50 bits per heavy atom. The van der Waals surface area contributed by atoms with E-state index < -0.39 is 0 Å². The fraction of sp³-hybridized carbons (Fsp3) is 1.00. The van der Waals surface area contributed by atoms with Gasteiger partial charge < -0.3 is 10.6 Å². The van der Waals surface area contributed by atoms with Crippen molar-refractivity contribution in [2.24, 2.45) is 11.8 Å². The molecule has 1 heterocycles. The van der Waals surface area contributed by atoms with Crippen LogP contribution in [-0.2, 0) is 0 Å². The lowest BCUT2D eigenvalue weighted by Gasteiger charge is -2.37. The van der Waals surface area contributed by atoms with Crippen molar-refractivity contribution >= 4 is 0 Å². The van der Waals surface area contributed by atoms with Crippen molar-refractivity contribution in [1.29, 1.82) is 0 Å². The van der Waals surface area contributed by atoms with Gasteiger partial charge in [0.1, 0.15) is 0 Å². The molecule has 0 amide bonds. The molecule has 2 heteroatoms. The quantitative estimate of drug-likeness (QED) is 0.784. The molecular formula is C16H32N2. The van der Waals surface area contributed by atoms with Gasteiger partial charge in [-0.25, -0.2) is 0 Å². The Labute approximate surface area is 113 Å². The third-order valence-electron chi connectivity index (χ3n) is 4.97. The minimum absolute atomic E-state index is 0.671. The van der Waals surface area contributed by atoms with E-state index in [1.807, 2.05) is 0 Å². The predicted molar refractivity (Wildman–Crippen MR) is 78.8 cm³/mol. The molecule has 2 nitrogen and oxygen atoms in total. The third-order valence-corrected chi connectivity index (χ3v) is 4.97. The lowest BCUT2D eigenvalue weighted by Crippen LogP contribution is -2.46. The van der Waals surface area contributed by atoms with E-state index in [0.29, 0.717) is 6.04 Å². The molecule has 0 aromatic carbocycles. The molecular weight excluding hydrogens is 220 g/mol. The Kier molecular flexibility index (Phi) is 5.50. The molecule has 0 radical (unpaired) electrons. The normalized spacial score (nSPS) is 35.0. The van der Waals surface area contributed by atoms with Gasteiger partial charge in [0, 0.05) is 18.1 Å². The van der Waals surface area contributed by atoms with Crippen molar-refractivity contribution in [2.75, 3.05) is 6.54 Å². The number of rotatable bonds is 5. The lowest BCUT2D eigenvalue weighted by molar-refractivity contribution is 0.190. The van der Waals surface area contributed by atoms with E-state index >= 15 is 0 Å². The van der Waals surface area contributed by atoms with Gasteiger partial charge in [-0.15, -0.1) is 0 Å². The highest BCUT2D eigenvalue weighted by molar-refractivity contribution is 4.86. The fourth-order valence-electron chi connectivity index (χ4n) is 3.98. The highest BCUT2D eigenvalue weighted by Crippen LogP contribution is 2.30. The number of hydrogen-bond acceptors (Lipinski definition) is 2. The summed E-state index contributed by atoms with van der Waals surface area (Å²) in [5, 5.41) is 7.56. The number of nitrogens with one attached hydrogen (secondary N) is 2. The van der Waals surface area contributed by atoms with Crippen molar-refractivity contribution in [2.45, 2.75) is 83.8 Å². The minimum atomic E-state index is 0.671. The molecule has 2 fully saturated rings. The lowest BCUT2D eigenvalue weighted by atomic mass is 9.77. The third kappa shape index (κ3) is 3.96. The standard InChI is InChI=1S/C16H32N2/c1-12(2)15-8-4-5-9-16(15)18-13(3)11-14-7-6-10-17-14/h12-18H,4-11H2,1-3H3. The molecule has 0 spiro atoms. The molecule has 18 heavy (non-hydrogen) atoms. The first-order chi connectivity index (χ1) is 8.66. The largest absolute Gasteiger partial charge is 0.314 e. The molecule has 2 aliphatic rings. The Morgan fingerprint density at radius 1 is 1.06 bits per heavy atom. The van der Waals surface area contributed by atoms with Crippen LogP contribution < -0.4 is 10.6 Å². The zero-order valence-electron chi connectivity index (χ0n) is 12.5. The van der Waals surface area contributed by atoms with Crippen molar-refractivity contribution in [3.63, 3.8) is 0 Å². The molecule has 4 atom stereocenters. The first-order valence-corrected chi connectivity index (χ1v) is 8.16. The van der Waals surface area contributed by atoms with Crippen molar-refractivity contribution in [3.8, 4) is 0 Å². The predicted octanol–water partition coefficient (Wildman–Crippen LogP) is 3.32. The summed E-state index contributed by atoms with van der Waals surface area (Å²) in [5.41, 5.74) is 0. The molecule has 2 N–H and O–H groups in total. The van der Waals surface area contributed by atoms with Crippen molar-refractivity contribution in [3.05, 3.63) is 0 Å². The highest BCUT2D eigenvalue weighted by atomic mass is 15.0. The fourth-order valence-corrected chi connectivity index (χ4v) is 3.98. The first-order valence-electron chi connectivity index (χ1n) is 8.16. The summed E-state index contributed by atoms with van der Waals surface area (Å²) in [6.45, 7) is 8.41. The second kappa shape index (κ2) is 6.91. The molecule has 1 saturated heterocycles. The zero-order valence-corrected chi connectivity index (χ0v) is 12.5. The zero-order chi connectivity index (χ0) is 13.0. The van der Waals surface area contributed by atoms with Gasteiger partial charge >= 0.3 is 0 Å². The molecule has 1 saturated carbocycles. The second-order valence-corrected chi connectivity index (χ2v) is 6.90. The van der Waals surface area contributed by atoms with Crippen LogP contribution in [0, 0.1) is 11.8 Å². The highest BCUT2D eigenvalue weighted by Gasteiger charge is 2.28. The van der Waals surface area contributed by atoms with E-state index in [-0.39, 0.29) is 0 Å². The van der Waals surface area contributed by atoms with Gasteiger partial charge in [0.2, 0.25) is 0 Å². The molecule has 4 unspecified atom stereocenters. The Hall–Kier alpha value is -0.0800. The maximum atomic E-state index is 3.94. The molecule has 1 aliphatic heterocycles. The van der Waals surface area contributed by atoms with E-state index in [9.17, 15) is 0 Å². The van der Waals surface area contributed by atoms with Gasteiger partial charge in [-0.1, -0.05) is 26.7 Å². The Bertz CT molecular complexity index is 233. The van der Waals surface area contributed by atoms with E-state index in [4.69, 9.17) is 0 Å². The summed E-state index contributed by atoms with van der Waals surface area (Å²) < 4.78 is 0. The van der Waals surface area contributed by atoms with Gasteiger partial charge in [-0.05, 0) is 57.4 Å². The maximum absolute atomic E-state index is 3.94.